The summed E-state index contributed by atoms with van der Waals surface area (Å²) in [5.41, 5.74) is 5.71. The van der Waals surface area contributed by atoms with E-state index in [1.165, 1.54) is 16.5 Å². The molecule has 0 aliphatic heterocycles. The van der Waals surface area contributed by atoms with Gasteiger partial charge in [0.1, 0.15) is 0 Å². The summed E-state index contributed by atoms with van der Waals surface area (Å²) in [4.78, 5) is 27.9. The van der Waals surface area contributed by atoms with Crippen LogP contribution >= 0.6 is 0 Å². The van der Waals surface area contributed by atoms with Gasteiger partial charge in [0.25, 0.3) is 5.91 Å². The second-order valence-electron chi connectivity index (χ2n) is 7.66. The Bertz CT molecular complexity index is 1190. The third kappa shape index (κ3) is 5.20. The largest absolute Gasteiger partial charge is 0.361 e. The van der Waals surface area contributed by atoms with Crippen molar-refractivity contribution in [1.82, 2.24) is 10.3 Å². The Morgan fingerprint density at radius 2 is 1.71 bits per heavy atom. The zero-order valence-corrected chi connectivity index (χ0v) is 17.4. The van der Waals surface area contributed by atoms with Gasteiger partial charge in [0.05, 0.1) is 6.42 Å². The number of rotatable bonds is 7. The highest BCUT2D eigenvalue weighted by molar-refractivity contribution is 5.96. The van der Waals surface area contributed by atoms with Crippen molar-refractivity contribution in [2.24, 2.45) is 0 Å². The van der Waals surface area contributed by atoms with Crippen LogP contribution < -0.4 is 10.6 Å². The minimum Gasteiger partial charge on any atom is -0.361 e. The molecule has 4 rings (SSSR count). The number of aromatic nitrogens is 1. The molecule has 0 saturated heterocycles. The molecule has 5 heteroatoms. The third-order valence-electron chi connectivity index (χ3n) is 5.24. The average Bonchev–Trinajstić information content (AvgIpc) is 3.17. The van der Waals surface area contributed by atoms with Crippen LogP contribution in [0, 0.1) is 6.92 Å². The van der Waals surface area contributed by atoms with E-state index in [4.69, 9.17) is 0 Å². The van der Waals surface area contributed by atoms with Crippen LogP contribution in [-0.4, -0.2) is 23.3 Å². The van der Waals surface area contributed by atoms with Crippen molar-refractivity contribution in [3.63, 3.8) is 0 Å². The molecular weight excluding hydrogens is 386 g/mol. The van der Waals surface area contributed by atoms with E-state index in [0.29, 0.717) is 24.2 Å². The summed E-state index contributed by atoms with van der Waals surface area (Å²) in [6, 6.07) is 22.9. The highest BCUT2D eigenvalue weighted by atomic mass is 16.2. The van der Waals surface area contributed by atoms with Crippen LogP contribution in [0.1, 0.15) is 27.0 Å². The number of carbonyl (C=O) groups excluding carboxylic acids is 2. The second-order valence-corrected chi connectivity index (χ2v) is 7.66. The summed E-state index contributed by atoms with van der Waals surface area (Å²) >= 11 is 0. The van der Waals surface area contributed by atoms with Crippen LogP contribution in [0.4, 0.5) is 5.69 Å². The van der Waals surface area contributed by atoms with Crippen molar-refractivity contribution in [3.8, 4) is 0 Å². The quantitative estimate of drug-likeness (QED) is 0.415. The monoisotopic (exact) mass is 411 g/mol. The van der Waals surface area contributed by atoms with Gasteiger partial charge >= 0.3 is 0 Å². The van der Waals surface area contributed by atoms with Gasteiger partial charge in [0.15, 0.2) is 0 Å². The molecule has 0 radical (unpaired) electrons. The minimum absolute atomic E-state index is 0.0858. The molecule has 5 nitrogen and oxygen atoms in total. The Hall–Kier alpha value is -3.86. The average molecular weight is 412 g/mol. The summed E-state index contributed by atoms with van der Waals surface area (Å²) in [6.07, 6.45) is 3.07. The van der Waals surface area contributed by atoms with Crippen molar-refractivity contribution < 1.29 is 9.59 Å². The Balaban J connectivity index is 1.29. The van der Waals surface area contributed by atoms with Gasteiger partial charge in [-0.05, 0) is 60.9 Å². The van der Waals surface area contributed by atoms with Crippen molar-refractivity contribution in [2.45, 2.75) is 19.8 Å². The molecule has 3 N–H and O–H groups in total. The van der Waals surface area contributed by atoms with Gasteiger partial charge in [-0.25, -0.2) is 0 Å². The lowest BCUT2D eigenvalue weighted by atomic mass is 10.1. The molecule has 31 heavy (non-hydrogen) atoms. The van der Waals surface area contributed by atoms with Crippen molar-refractivity contribution in [3.05, 3.63) is 101 Å². The fourth-order valence-electron chi connectivity index (χ4n) is 3.60. The zero-order chi connectivity index (χ0) is 21.6. The molecule has 3 aromatic carbocycles. The third-order valence-corrected chi connectivity index (χ3v) is 5.24. The Labute approximate surface area is 181 Å². The Morgan fingerprint density at radius 1 is 0.935 bits per heavy atom. The van der Waals surface area contributed by atoms with Crippen LogP contribution in [-0.2, 0) is 17.6 Å². The minimum atomic E-state index is -0.127. The number of hydrogen-bond donors (Lipinski definition) is 3. The number of aromatic amines is 1. The second kappa shape index (κ2) is 9.30. The first-order chi connectivity index (χ1) is 15.1. The molecule has 156 valence electrons. The fourth-order valence-corrected chi connectivity index (χ4v) is 3.60. The van der Waals surface area contributed by atoms with E-state index < -0.39 is 0 Å². The van der Waals surface area contributed by atoms with E-state index in [-0.39, 0.29) is 11.8 Å². The lowest BCUT2D eigenvalue weighted by Crippen LogP contribution is -2.25. The van der Waals surface area contributed by atoms with Crippen LogP contribution in [0.5, 0.6) is 0 Å². The number of aryl methyl sites for hydroxylation is 1. The van der Waals surface area contributed by atoms with Gasteiger partial charge in [0.2, 0.25) is 5.91 Å². The van der Waals surface area contributed by atoms with Crippen LogP contribution in [0.25, 0.3) is 10.9 Å². The number of carbonyl (C=O) groups is 2. The van der Waals surface area contributed by atoms with Gasteiger partial charge in [-0.15, -0.1) is 0 Å². The van der Waals surface area contributed by atoms with E-state index in [1.807, 2.05) is 36.5 Å². The molecule has 0 fully saturated rings. The number of amides is 2. The van der Waals surface area contributed by atoms with Gasteiger partial charge in [-0.1, -0.05) is 42.0 Å². The van der Waals surface area contributed by atoms with Gasteiger partial charge in [0, 0.05) is 34.9 Å². The van der Waals surface area contributed by atoms with E-state index in [1.54, 1.807) is 24.3 Å². The smallest absolute Gasteiger partial charge is 0.251 e. The van der Waals surface area contributed by atoms with Gasteiger partial charge in [-0.2, -0.15) is 0 Å². The van der Waals surface area contributed by atoms with Crippen molar-refractivity contribution in [2.75, 3.05) is 11.9 Å². The maximum absolute atomic E-state index is 12.5. The number of H-pyrrole nitrogens is 1. The van der Waals surface area contributed by atoms with Crippen molar-refractivity contribution in [1.29, 1.82) is 0 Å². The number of nitrogens with one attached hydrogen (secondary N) is 3. The first-order valence-corrected chi connectivity index (χ1v) is 10.4. The van der Waals surface area contributed by atoms with Gasteiger partial charge < -0.3 is 15.6 Å². The molecule has 0 spiro atoms. The highest BCUT2D eigenvalue weighted by Crippen LogP contribution is 2.20. The molecule has 0 saturated carbocycles. The summed E-state index contributed by atoms with van der Waals surface area (Å²) in [5, 5.41) is 7.03. The van der Waals surface area contributed by atoms with E-state index in [9.17, 15) is 9.59 Å². The predicted molar refractivity (Wildman–Crippen MR) is 124 cm³/mol. The van der Waals surface area contributed by atoms with E-state index in [2.05, 4.69) is 40.7 Å². The SMILES string of the molecule is Cc1ccc2[nH]cc(CCNC(=O)c3ccc(NC(=O)Cc4ccccc4)cc3)c2c1. The standard InChI is InChI=1S/C26H25N3O2/c1-18-7-12-24-23(15-18)21(17-28-24)13-14-27-26(31)20-8-10-22(11-9-20)29-25(30)16-19-5-3-2-4-6-19/h2-12,15,17,28H,13-14,16H2,1H3,(H,27,31)(H,29,30). The molecule has 1 aromatic heterocycles. The van der Waals surface area contributed by atoms with E-state index in [0.717, 1.165) is 17.5 Å². The summed E-state index contributed by atoms with van der Waals surface area (Å²) in [6.45, 7) is 2.63. The first kappa shape index (κ1) is 20.4. The molecular formula is C26H25N3O2. The highest BCUT2D eigenvalue weighted by Gasteiger charge is 2.09. The fraction of sp³-hybridized carbons (Fsp3) is 0.154. The normalized spacial score (nSPS) is 10.7. The first-order valence-electron chi connectivity index (χ1n) is 10.4. The van der Waals surface area contributed by atoms with Crippen LogP contribution in [0.2, 0.25) is 0 Å². The molecule has 0 bridgehead atoms. The summed E-state index contributed by atoms with van der Waals surface area (Å²) in [5.74, 6) is -0.212. The molecule has 2 amide bonds. The van der Waals surface area contributed by atoms with Gasteiger partial charge in [-0.3, -0.25) is 9.59 Å². The zero-order valence-electron chi connectivity index (χ0n) is 17.4. The topological polar surface area (TPSA) is 74.0 Å². The molecule has 0 unspecified atom stereocenters. The molecule has 4 aromatic rings. The summed E-state index contributed by atoms with van der Waals surface area (Å²) in [7, 11) is 0. The number of anilines is 1. The van der Waals surface area contributed by atoms with Crippen molar-refractivity contribution >= 4 is 28.4 Å². The number of hydrogen-bond acceptors (Lipinski definition) is 2. The van der Waals surface area contributed by atoms with E-state index >= 15 is 0 Å². The number of benzene rings is 3. The molecule has 1 heterocycles. The Kier molecular flexibility index (Phi) is 6.13. The lowest BCUT2D eigenvalue weighted by Gasteiger charge is -2.08. The maximum atomic E-state index is 12.5. The van der Waals surface area contributed by atoms with Crippen LogP contribution in [0.15, 0.2) is 79.0 Å². The number of fused-ring (bicyclic) bond motifs is 1. The summed E-state index contributed by atoms with van der Waals surface area (Å²) < 4.78 is 0. The molecule has 0 atom stereocenters. The molecule has 0 aliphatic rings. The maximum Gasteiger partial charge on any atom is 0.251 e. The van der Waals surface area contributed by atoms with Crippen LogP contribution in [0.3, 0.4) is 0 Å². The predicted octanol–water partition coefficient (Wildman–Crippen LogP) is 4.63. The molecule has 0 aliphatic carbocycles. The Morgan fingerprint density at radius 3 is 2.48 bits per heavy atom. The lowest BCUT2D eigenvalue weighted by molar-refractivity contribution is -0.115.